The molecule has 0 aromatic heterocycles. The molecule has 0 heterocycles. The molecule has 0 rings (SSSR count). The average Bonchev–Trinajstić information content (AvgIpc) is 0.811. The van der Waals surface area contributed by atoms with Gasteiger partial charge in [-0.2, -0.15) is 0 Å². The van der Waals surface area contributed by atoms with Crippen LogP contribution in [0.2, 0.25) is 0 Å². The van der Waals surface area contributed by atoms with Crippen LogP contribution in [0.1, 0.15) is 0 Å². The maximum Gasteiger partial charge on any atom is 2.00 e. The van der Waals surface area contributed by atoms with Gasteiger partial charge in [0.1, 0.15) is 0 Å². The molecule has 36 valence electrons. The van der Waals surface area contributed by atoms with E-state index in [4.69, 9.17) is 14.1 Å². The molecule has 4 nitrogen and oxygen atoms in total. The van der Waals surface area contributed by atoms with E-state index in [1.54, 1.807) is 0 Å². The first-order valence-electron chi connectivity index (χ1n) is 0.612. The molecule has 0 saturated carbocycles. The van der Waals surface area contributed by atoms with Crippen molar-refractivity contribution in [3.05, 3.63) is 0 Å². The summed E-state index contributed by atoms with van der Waals surface area (Å²) in [5, 5.41) is 0. The predicted octanol–water partition coefficient (Wildman–Crippen LogP) is -4.84. The molecular weight excluding hydrogens is 182 g/mol. The molecule has 0 bridgehead atoms. The van der Waals surface area contributed by atoms with Crippen LogP contribution in [0.25, 0.3) is 0 Å². The molecule has 0 aliphatic rings. The largest absolute Gasteiger partial charge is 2.00 e. The van der Waals surface area contributed by atoms with E-state index in [1.807, 2.05) is 0 Å². The van der Waals surface area contributed by atoms with E-state index in [-0.39, 0.29) is 90.1 Å². The normalized spacial score (nSPS) is 3.00. The van der Waals surface area contributed by atoms with Gasteiger partial charge in [-0.1, -0.05) is 0 Å². The zero-order valence-corrected chi connectivity index (χ0v) is 10.9. The molecule has 2 N–H and O–H groups in total. The van der Waals surface area contributed by atoms with Crippen LogP contribution in [0.5, 0.6) is 0 Å². The Hall–Kier alpha value is 2.37. The molecule has 0 aromatic rings. The standard InChI is InChI=1S/Al.Ca.Na.O3Si.H2O/c;;;1-4(2)3;/h;;;;1H2/q;+2;;-2;. The van der Waals surface area contributed by atoms with Gasteiger partial charge in [0.2, 0.25) is 0 Å². The van der Waals surface area contributed by atoms with Crippen LogP contribution in [0, 0.1) is 0 Å². The van der Waals surface area contributed by atoms with E-state index in [2.05, 4.69) is 0 Å². The van der Waals surface area contributed by atoms with Crippen LogP contribution in [0.15, 0.2) is 0 Å². The van der Waals surface area contributed by atoms with Crippen molar-refractivity contribution in [3.8, 4) is 0 Å². The van der Waals surface area contributed by atoms with Gasteiger partial charge in [-0.05, 0) is 0 Å². The summed E-state index contributed by atoms with van der Waals surface area (Å²) in [4.78, 5) is 17.0. The van der Waals surface area contributed by atoms with E-state index in [9.17, 15) is 0 Å². The summed E-state index contributed by atoms with van der Waals surface area (Å²) in [6.45, 7) is 0. The van der Waals surface area contributed by atoms with Crippen molar-refractivity contribution in [1.82, 2.24) is 0 Å². The summed E-state index contributed by atoms with van der Waals surface area (Å²) in [7, 11) is -3.63. The molecule has 0 fully saturated rings. The first-order chi connectivity index (χ1) is 1.73. The molecule has 0 aromatic carbocycles. The Morgan fingerprint density at radius 1 is 1.25 bits per heavy atom. The van der Waals surface area contributed by atoms with Crippen LogP contribution >= 0.6 is 0 Å². The number of hydrogen-bond acceptors (Lipinski definition) is 3. The topological polar surface area (TPSA) is 94.7 Å². The van der Waals surface area contributed by atoms with E-state index >= 15 is 0 Å². The Morgan fingerprint density at radius 2 is 1.25 bits per heavy atom. The Labute approximate surface area is 111 Å². The third kappa shape index (κ3) is 81.0. The molecule has 0 amide bonds. The van der Waals surface area contributed by atoms with Gasteiger partial charge in [-0.15, -0.1) is 0 Å². The molecule has 4 radical (unpaired) electrons. The van der Waals surface area contributed by atoms with E-state index in [1.165, 1.54) is 0 Å². The van der Waals surface area contributed by atoms with E-state index in [0.29, 0.717) is 0 Å². The van der Waals surface area contributed by atoms with Gasteiger partial charge in [0.15, 0.2) is 0 Å². The van der Waals surface area contributed by atoms with Gasteiger partial charge < -0.3 is 19.5 Å². The molecule has 8 heteroatoms. The van der Waals surface area contributed by atoms with Gasteiger partial charge in [0.05, 0.1) is 0 Å². The monoisotopic (exact) mass is 184 g/mol. The molecule has 0 saturated heterocycles. The zero-order chi connectivity index (χ0) is 3.58. The third-order valence-corrected chi connectivity index (χ3v) is 0. The first-order valence-corrected chi connectivity index (χ1v) is 1.84. The van der Waals surface area contributed by atoms with Crippen molar-refractivity contribution in [2.24, 2.45) is 0 Å². The third-order valence-electron chi connectivity index (χ3n) is 0. The van der Waals surface area contributed by atoms with Crippen LogP contribution in [-0.4, -0.2) is 99.3 Å². The molecular formula is H2AlCaNaO4Si. The fraction of sp³-hybridized carbons (Fsp3) is 0. The van der Waals surface area contributed by atoms with Gasteiger partial charge in [0, 0.05) is 56.1 Å². The van der Waals surface area contributed by atoms with E-state index in [0.717, 1.165) is 0 Å². The van der Waals surface area contributed by atoms with Crippen molar-refractivity contribution in [3.63, 3.8) is 0 Å². The maximum atomic E-state index is 8.52. The van der Waals surface area contributed by atoms with Crippen LogP contribution in [0.4, 0.5) is 0 Å². The van der Waals surface area contributed by atoms with Crippen LogP contribution in [0.3, 0.4) is 0 Å². The fourth-order valence-electron chi connectivity index (χ4n) is 0. The molecule has 0 atom stereocenters. The van der Waals surface area contributed by atoms with Gasteiger partial charge in [-0.25, -0.2) is 0 Å². The number of hydrogen-bond donors (Lipinski definition) is 0. The molecule has 8 heavy (non-hydrogen) atoms. The molecule has 0 unspecified atom stereocenters. The Morgan fingerprint density at radius 3 is 1.25 bits per heavy atom. The summed E-state index contributed by atoms with van der Waals surface area (Å²) in [6, 6.07) is 0. The minimum Gasteiger partial charge on any atom is -0.672 e. The number of rotatable bonds is 0. The second-order valence-electron chi connectivity index (χ2n) is 0.250. The minimum atomic E-state index is -3.63. The summed E-state index contributed by atoms with van der Waals surface area (Å²) < 4.78 is 8.52. The van der Waals surface area contributed by atoms with E-state index < -0.39 is 9.17 Å². The Bertz CT molecular complexity index is 39.0. The molecule has 0 spiro atoms. The Balaban J connectivity index is -0.00000000750. The fourth-order valence-corrected chi connectivity index (χ4v) is 0. The second-order valence-corrected chi connectivity index (χ2v) is 0.750. The summed E-state index contributed by atoms with van der Waals surface area (Å²) in [5.74, 6) is 0. The zero-order valence-electron chi connectivity index (χ0n) is 4.51. The summed E-state index contributed by atoms with van der Waals surface area (Å²) in [6.07, 6.45) is 0. The van der Waals surface area contributed by atoms with Gasteiger partial charge in [-0.3, -0.25) is 0 Å². The van der Waals surface area contributed by atoms with Crippen LogP contribution in [-0.2, 0) is 4.46 Å². The first kappa shape index (κ1) is 31.6. The Kier molecular flexibility index (Phi) is 89.8. The van der Waals surface area contributed by atoms with Crippen molar-refractivity contribution >= 4 is 93.8 Å². The van der Waals surface area contributed by atoms with Gasteiger partial charge in [0.25, 0.3) is 0 Å². The average molecular weight is 184 g/mol. The molecule has 0 aliphatic heterocycles. The maximum absolute atomic E-state index is 8.52. The minimum absolute atomic E-state index is 0. The smallest absolute Gasteiger partial charge is 0.672 e. The van der Waals surface area contributed by atoms with Gasteiger partial charge >= 0.3 is 37.7 Å². The quantitative estimate of drug-likeness (QED) is 0.353. The van der Waals surface area contributed by atoms with Crippen molar-refractivity contribution in [2.75, 3.05) is 0 Å². The molecule has 0 aliphatic carbocycles. The second kappa shape index (κ2) is 22.8. The van der Waals surface area contributed by atoms with Crippen molar-refractivity contribution in [2.45, 2.75) is 0 Å². The van der Waals surface area contributed by atoms with Crippen molar-refractivity contribution in [1.29, 1.82) is 0 Å². The predicted molar refractivity (Wildman–Crippen MR) is 27.3 cm³/mol. The summed E-state index contributed by atoms with van der Waals surface area (Å²) >= 11 is 0. The SMILES string of the molecule is O.O=[Si]([O-])[O-].[Al].[Ca+2].[Na]. The van der Waals surface area contributed by atoms with Crippen LogP contribution < -0.4 is 9.59 Å². The van der Waals surface area contributed by atoms with Crippen molar-refractivity contribution < 1.29 is 19.5 Å². The summed E-state index contributed by atoms with van der Waals surface area (Å²) in [5.41, 5.74) is 0.